The molecule has 0 spiro atoms. The van der Waals surface area contributed by atoms with E-state index in [4.69, 9.17) is 9.84 Å². The zero-order chi connectivity index (χ0) is 16.0. The first-order valence-corrected chi connectivity index (χ1v) is 6.36. The minimum absolute atomic E-state index is 0.0629. The second-order valence-electron chi connectivity index (χ2n) is 5.29. The standard InChI is InChI=1S/C15H19NO5/c1-15(2,3)21-13(18)6-5-10-7-11(9-17)16-12(8-10)14(19)20-4/h5-8,17H,9H2,1-4H3/b6-5+. The highest BCUT2D eigenvalue weighted by molar-refractivity contribution is 5.90. The molecule has 0 aliphatic heterocycles. The number of hydrogen-bond donors (Lipinski definition) is 1. The Morgan fingerprint density at radius 1 is 1.33 bits per heavy atom. The third-order valence-corrected chi connectivity index (χ3v) is 2.28. The second-order valence-corrected chi connectivity index (χ2v) is 5.29. The SMILES string of the molecule is COC(=O)c1cc(/C=C/C(=O)OC(C)(C)C)cc(CO)n1. The van der Waals surface area contributed by atoms with Gasteiger partial charge in [-0.25, -0.2) is 14.6 Å². The monoisotopic (exact) mass is 293 g/mol. The lowest BCUT2D eigenvalue weighted by atomic mass is 10.1. The minimum atomic E-state index is -0.614. The summed E-state index contributed by atoms with van der Waals surface area (Å²) in [5, 5.41) is 9.14. The van der Waals surface area contributed by atoms with Crippen molar-refractivity contribution < 1.29 is 24.2 Å². The average Bonchev–Trinajstić information content (AvgIpc) is 2.42. The van der Waals surface area contributed by atoms with Gasteiger partial charge in [0.2, 0.25) is 0 Å². The van der Waals surface area contributed by atoms with Gasteiger partial charge in [0.1, 0.15) is 11.3 Å². The van der Waals surface area contributed by atoms with Crippen LogP contribution in [0.1, 0.15) is 42.5 Å². The molecule has 0 aliphatic rings. The number of aliphatic hydroxyl groups excluding tert-OH is 1. The van der Waals surface area contributed by atoms with E-state index < -0.39 is 17.5 Å². The van der Waals surface area contributed by atoms with E-state index >= 15 is 0 Å². The largest absolute Gasteiger partial charge is 0.464 e. The van der Waals surface area contributed by atoms with Crippen LogP contribution in [0.15, 0.2) is 18.2 Å². The zero-order valence-electron chi connectivity index (χ0n) is 12.5. The van der Waals surface area contributed by atoms with E-state index in [1.165, 1.54) is 25.3 Å². The van der Waals surface area contributed by atoms with Crippen molar-refractivity contribution >= 4 is 18.0 Å². The van der Waals surface area contributed by atoms with Crippen LogP contribution in [-0.4, -0.2) is 34.7 Å². The van der Waals surface area contributed by atoms with Gasteiger partial charge >= 0.3 is 11.9 Å². The lowest BCUT2D eigenvalue weighted by Gasteiger charge is -2.17. The molecule has 6 nitrogen and oxygen atoms in total. The highest BCUT2D eigenvalue weighted by Gasteiger charge is 2.14. The van der Waals surface area contributed by atoms with Crippen LogP contribution in [0.5, 0.6) is 0 Å². The Morgan fingerprint density at radius 2 is 2.00 bits per heavy atom. The molecule has 0 aromatic carbocycles. The van der Waals surface area contributed by atoms with Crippen LogP contribution in [0, 0.1) is 0 Å². The maximum Gasteiger partial charge on any atom is 0.356 e. The Morgan fingerprint density at radius 3 is 2.52 bits per heavy atom. The number of aliphatic hydroxyl groups is 1. The molecule has 6 heteroatoms. The third kappa shape index (κ3) is 5.74. The van der Waals surface area contributed by atoms with Crippen LogP contribution in [0.25, 0.3) is 6.08 Å². The van der Waals surface area contributed by atoms with Gasteiger partial charge in [0.15, 0.2) is 0 Å². The number of esters is 2. The van der Waals surface area contributed by atoms with Crippen LogP contribution in [0.3, 0.4) is 0 Å². The Labute approximate surface area is 123 Å². The van der Waals surface area contributed by atoms with Crippen LogP contribution in [0.4, 0.5) is 0 Å². The number of rotatable bonds is 4. The van der Waals surface area contributed by atoms with Crippen molar-refractivity contribution in [3.63, 3.8) is 0 Å². The number of hydrogen-bond acceptors (Lipinski definition) is 6. The Hall–Kier alpha value is -2.21. The summed E-state index contributed by atoms with van der Waals surface area (Å²) in [5.74, 6) is -1.11. The summed E-state index contributed by atoms with van der Waals surface area (Å²) < 4.78 is 9.72. The van der Waals surface area contributed by atoms with Crippen molar-refractivity contribution in [3.05, 3.63) is 35.2 Å². The van der Waals surface area contributed by atoms with Gasteiger partial charge in [-0.05, 0) is 44.5 Å². The number of methoxy groups -OCH3 is 1. The van der Waals surface area contributed by atoms with E-state index in [9.17, 15) is 9.59 Å². The molecule has 114 valence electrons. The lowest BCUT2D eigenvalue weighted by molar-refractivity contribution is -0.148. The van der Waals surface area contributed by atoms with Gasteiger partial charge < -0.3 is 14.6 Å². The molecule has 21 heavy (non-hydrogen) atoms. The summed E-state index contributed by atoms with van der Waals surface area (Å²) in [5.41, 5.74) is 0.336. The summed E-state index contributed by atoms with van der Waals surface area (Å²) in [7, 11) is 1.24. The maximum absolute atomic E-state index is 11.6. The van der Waals surface area contributed by atoms with Crippen molar-refractivity contribution in [3.8, 4) is 0 Å². The van der Waals surface area contributed by atoms with E-state index in [-0.39, 0.29) is 12.3 Å². The summed E-state index contributed by atoms with van der Waals surface area (Å²) in [4.78, 5) is 27.0. The zero-order valence-corrected chi connectivity index (χ0v) is 12.5. The topological polar surface area (TPSA) is 85.7 Å². The van der Waals surface area contributed by atoms with Gasteiger partial charge in [-0.15, -0.1) is 0 Å². The van der Waals surface area contributed by atoms with E-state index in [2.05, 4.69) is 9.72 Å². The van der Waals surface area contributed by atoms with Crippen LogP contribution in [0.2, 0.25) is 0 Å². The smallest absolute Gasteiger partial charge is 0.356 e. The number of carbonyl (C=O) groups excluding carboxylic acids is 2. The van der Waals surface area contributed by atoms with Gasteiger partial charge in [-0.1, -0.05) is 0 Å². The molecule has 1 N–H and O–H groups in total. The van der Waals surface area contributed by atoms with Gasteiger partial charge in [0.25, 0.3) is 0 Å². The van der Waals surface area contributed by atoms with Crippen molar-refractivity contribution in [1.29, 1.82) is 0 Å². The molecule has 0 unspecified atom stereocenters. The molecule has 1 aromatic rings. The van der Waals surface area contributed by atoms with Gasteiger partial charge in [0, 0.05) is 6.08 Å². The van der Waals surface area contributed by atoms with Crippen molar-refractivity contribution in [1.82, 2.24) is 4.98 Å². The first-order valence-electron chi connectivity index (χ1n) is 6.36. The van der Waals surface area contributed by atoms with Crippen LogP contribution in [-0.2, 0) is 20.9 Å². The molecule has 1 rings (SSSR count). The Bertz CT molecular complexity index is 558. The van der Waals surface area contributed by atoms with Gasteiger partial charge in [-0.2, -0.15) is 0 Å². The molecule has 0 fully saturated rings. The number of nitrogens with zero attached hydrogens (tertiary/aromatic N) is 1. The van der Waals surface area contributed by atoms with E-state index in [1.807, 2.05) is 0 Å². The van der Waals surface area contributed by atoms with Gasteiger partial charge in [0.05, 0.1) is 19.4 Å². The molecule has 0 bridgehead atoms. The fraction of sp³-hybridized carbons (Fsp3) is 0.400. The van der Waals surface area contributed by atoms with Crippen molar-refractivity contribution in [2.75, 3.05) is 7.11 Å². The highest BCUT2D eigenvalue weighted by atomic mass is 16.6. The summed E-state index contributed by atoms with van der Waals surface area (Å²) >= 11 is 0. The molecule has 0 saturated heterocycles. The Kier molecular flexibility index (Phi) is 5.60. The van der Waals surface area contributed by atoms with Crippen molar-refractivity contribution in [2.24, 2.45) is 0 Å². The number of aromatic nitrogens is 1. The average molecular weight is 293 g/mol. The molecule has 0 radical (unpaired) electrons. The molecule has 0 amide bonds. The van der Waals surface area contributed by atoms with Crippen LogP contribution < -0.4 is 0 Å². The minimum Gasteiger partial charge on any atom is -0.464 e. The second kappa shape index (κ2) is 6.99. The molecular weight excluding hydrogens is 274 g/mol. The van der Waals surface area contributed by atoms with Gasteiger partial charge in [-0.3, -0.25) is 0 Å². The summed E-state index contributed by atoms with van der Waals surface area (Å²) in [6.07, 6.45) is 2.74. The van der Waals surface area contributed by atoms with E-state index in [0.717, 1.165) is 0 Å². The normalized spacial score (nSPS) is 11.5. The fourth-order valence-electron chi connectivity index (χ4n) is 1.50. The van der Waals surface area contributed by atoms with E-state index in [0.29, 0.717) is 11.3 Å². The third-order valence-electron chi connectivity index (χ3n) is 2.28. The quantitative estimate of drug-likeness (QED) is 0.672. The predicted octanol–water partition coefficient (Wildman–Crippen LogP) is 1.72. The first kappa shape index (κ1) is 16.8. The molecule has 1 aromatic heterocycles. The maximum atomic E-state index is 11.6. The molecule has 1 heterocycles. The molecule has 0 aliphatic carbocycles. The molecule has 0 saturated carbocycles. The number of carbonyl (C=O) groups is 2. The first-order chi connectivity index (χ1) is 9.75. The summed E-state index contributed by atoms with van der Waals surface area (Å²) in [6.45, 7) is 4.98. The highest BCUT2D eigenvalue weighted by Crippen LogP contribution is 2.11. The van der Waals surface area contributed by atoms with Crippen LogP contribution >= 0.6 is 0 Å². The summed E-state index contributed by atoms with van der Waals surface area (Å²) in [6, 6.07) is 3.03. The molecular formula is C15H19NO5. The predicted molar refractivity (Wildman–Crippen MR) is 76.4 cm³/mol. The number of ether oxygens (including phenoxy) is 2. The Balaban J connectivity index is 2.97. The van der Waals surface area contributed by atoms with E-state index in [1.54, 1.807) is 26.8 Å². The lowest BCUT2D eigenvalue weighted by Crippen LogP contribution is -2.22. The molecule has 0 atom stereocenters. The van der Waals surface area contributed by atoms with Crippen molar-refractivity contribution in [2.45, 2.75) is 33.0 Å². The number of pyridine rings is 1. The fourth-order valence-corrected chi connectivity index (χ4v) is 1.50.